The van der Waals surface area contributed by atoms with Gasteiger partial charge in [0, 0.05) is 5.56 Å². The summed E-state index contributed by atoms with van der Waals surface area (Å²) in [6, 6.07) is -1.29. The van der Waals surface area contributed by atoms with Crippen molar-refractivity contribution < 1.29 is 34.8 Å². The van der Waals surface area contributed by atoms with Gasteiger partial charge in [-0.15, -0.1) is 10.2 Å². The molecule has 4 atom stereocenters. The van der Waals surface area contributed by atoms with Gasteiger partial charge in [0.15, 0.2) is 11.4 Å². The maximum absolute atomic E-state index is 12.4. The maximum atomic E-state index is 12.4. The summed E-state index contributed by atoms with van der Waals surface area (Å²) < 4.78 is 4.70. The van der Waals surface area contributed by atoms with E-state index in [-0.39, 0.29) is 17.0 Å². The van der Waals surface area contributed by atoms with Crippen LogP contribution in [0.25, 0.3) is 0 Å². The van der Waals surface area contributed by atoms with Crippen molar-refractivity contribution >= 4 is 11.9 Å². The van der Waals surface area contributed by atoms with Crippen LogP contribution in [0.2, 0.25) is 0 Å². The fourth-order valence-corrected chi connectivity index (χ4v) is 3.00. The molecule has 1 amide bonds. The van der Waals surface area contributed by atoms with Gasteiger partial charge in [-0.3, -0.25) is 4.79 Å². The minimum absolute atomic E-state index is 0.0758. The van der Waals surface area contributed by atoms with Crippen molar-refractivity contribution in [3.63, 3.8) is 0 Å². The quantitative estimate of drug-likeness (QED) is 0.311. The lowest BCUT2D eigenvalue weighted by molar-refractivity contribution is -0.0233. The van der Waals surface area contributed by atoms with E-state index >= 15 is 0 Å². The Bertz CT molecular complexity index is 737. The van der Waals surface area contributed by atoms with Crippen molar-refractivity contribution in [2.24, 2.45) is 0 Å². The highest BCUT2D eigenvalue weighted by Gasteiger charge is 2.42. The summed E-state index contributed by atoms with van der Waals surface area (Å²) in [5.74, 6) is -1.46. The van der Waals surface area contributed by atoms with Gasteiger partial charge in [-0.2, -0.15) is 0 Å². The van der Waals surface area contributed by atoms with Gasteiger partial charge in [-0.05, 0) is 24.5 Å². The van der Waals surface area contributed by atoms with Crippen LogP contribution in [-0.2, 0) is 11.2 Å². The molecule has 1 aliphatic rings. The van der Waals surface area contributed by atoms with E-state index in [0.29, 0.717) is 24.7 Å². The number of fused-ring (bicyclic) bond motifs is 1. The molecule has 2 rings (SSSR count). The summed E-state index contributed by atoms with van der Waals surface area (Å²) in [5.41, 5.74) is 0.131. The number of hydrogen-bond acceptors (Lipinski definition) is 9. The topological polar surface area (TPSA) is 162 Å². The summed E-state index contributed by atoms with van der Waals surface area (Å²) in [5, 5.41) is 49.6. The molecule has 0 radical (unpaired) electrons. The highest BCUT2D eigenvalue weighted by molar-refractivity contribution is 5.97. The molecule has 10 heteroatoms. The number of unbranched alkanes of at least 4 members (excludes halogenated alkanes) is 1. The van der Waals surface area contributed by atoms with Crippen LogP contribution in [0, 0.1) is 0 Å². The third kappa shape index (κ3) is 4.07. The Morgan fingerprint density at radius 3 is 2.67 bits per heavy atom. The van der Waals surface area contributed by atoms with Crippen LogP contribution in [0.15, 0.2) is 12.3 Å². The third-order valence-corrected chi connectivity index (χ3v) is 4.43. The third-order valence-electron chi connectivity index (χ3n) is 4.43. The van der Waals surface area contributed by atoms with Crippen LogP contribution in [0.5, 0.6) is 0 Å². The second kappa shape index (κ2) is 8.89. The zero-order chi connectivity index (χ0) is 20.1. The number of carbonyl (C=O) groups excluding carboxylic acids is 2. The van der Waals surface area contributed by atoms with Gasteiger partial charge in [0.2, 0.25) is 0 Å². The van der Waals surface area contributed by atoms with E-state index in [2.05, 4.69) is 15.5 Å². The second-order valence-electron chi connectivity index (χ2n) is 6.15. The molecular formula is C17H23N3O7. The summed E-state index contributed by atoms with van der Waals surface area (Å²) >= 11 is 0. The fourth-order valence-electron chi connectivity index (χ4n) is 3.00. The number of aliphatic hydroxyl groups is 4. The van der Waals surface area contributed by atoms with Gasteiger partial charge in [-0.1, -0.05) is 13.3 Å². The van der Waals surface area contributed by atoms with E-state index in [1.165, 1.54) is 7.11 Å². The molecule has 0 aliphatic carbocycles. The van der Waals surface area contributed by atoms with E-state index < -0.39 is 36.2 Å². The van der Waals surface area contributed by atoms with Crippen molar-refractivity contribution in [3.05, 3.63) is 34.9 Å². The van der Waals surface area contributed by atoms with Crippen molar-refractivity contribution in [1.29, 1.82) is 0 Å². The first-order chi connectivity index (χ1) is 12.9. The molecule has 1 aliphatic heterocycles. The largest absolute Gasteiger partial charge is 0.516 e. The van der Waals surface area contributed by atoms with E-state index in [1.54, 1.807) is 0 Å². The SMILES string of the molecule is CCCCc1c(C(=O)OC)nnc2c1C(O)C(C(O)C(O)C=CO)NC2=O. The van der Waals surface area contributed by atoms with Crippen LogP contribution in [0.3, 0.4) is 0 Å². The van der Waals surface area contributed by atoms with Gasteiger partial charge in [0.05, 0.1) is 19.4 Å². The molecule has 4 unspecified atom stereocenters. The predicted molar refractivity (Wildman–Crippen MR) is 92.0 cm³/mol. The molecule has 0 fully saturated rings. The fraction of sp³-hybridized carbons (Fsp3) is 0.529. The lowest BCUT2D eigenvalue weighted by atomic mass is 9.85. The average Bonchev–Trinajstić information content (AvgIpc) is 2.67. The number of methoxy groups -OCH3 is 1. The first-order valence-electron chi connectivity index (χ1n) is 8.51. The molecule has 1 aromatic rings. The molecule has 0 saturated heterocycles. The Labute approximate surface area is 155 Å². The molecule has 27 heavy (non-hydrogen) atoms. The van der Waals surface area contributed by atoms with Crippen molar-refractivity contribution in [1.82, 2.24) is 15.5 Å². The first-order valence-corrected chi connectivity index (χ1v) is 8.51. The second-order valence-corrected chi connectivity index (χ2v) is 6.15. The van der Waals surface area contributed by atoms with Crippen molar-refractivity contribution in [2.45, 2.75) is 50.5 Å². The summed E-state index contributed by atoms with van der Waals surface area (Å²) in [7, 11) is 1.18. The lowest BCUT2D eigenvalue weighted by Gasteiger charge is -2.35. The molecule has 0 bridgehead atoms. The molecule has 2 heterocycles. The summed E-state index contributed by atoms with van der Waals surface area (Å²) in [6.45, 7) is 1.94. The zero-order valence-corrected chi connectivity index (χ0v) is 15.0. The molecule has 5 N–H and O–H groups in total. The molecule has 148 valence electrons. The van der Waals surface area contributed by atoms with Gasteiger partial charge < -0.3 is 30.5 Å². The highest BCUT2D eigenvalue weighted by atomic mass is 16.5. The minimum atomic E-state index is -1.62. The number of carbonyl (C=O) groups is 2. The van der Waals surface area contributed by atoms with Crippen molar-refractivity contribution in [3.8, 4) is 0 Å². The number of hydrogen-bond donors (Lipinski definition) is 5. The number of esters is 1. The van der Waals surface area contributed by atoms with E-state index in [1.807, 2.05) is 6.92 Å². The Kier molecular flexibility index (Phi) is 6.83. The van der Waals surface area contributed by atoms with Gasteiger partial charge in [0.1, 0.15) is 18.3 Å². The van der Waals surface area contributed by atoms with Gasteiger partial charge >= 0.3 is 5.97 Å². The Morgan fingerprint density at radius 1 is 1.37 bits per heavy atom. The monoisotopic (exact) mass is 381 g/mol. The molecule has 10 nitrogen and oxygen atoms in total. The number of nitrogens with one attached hydrogen (secondary N) is 1. The van der Waals surface area contributed by atoms with E-state index in [9.17, 15) is 24.9 Å². The summed E-state index contributed by atoms with van der Waals surface area (Å²) in [6.07, 6.45) is -1.38. The smallest absolute Gasteiger partial charge is 0.358 e. The standard InChI is InChI=1S/C17H23N3O7/c1-3-4-5-8-10-12(20-19-11(8)17(26)27-2)16(25)18-13(15(10)24)14(23)9(22)6-7-21/h6-7,9,13-15,21-24H,3-5H2,1-2H3,(H,18,25). The molecular weight excluding hydrogens is 358 g/mol. The van der Waals surface area contributed by atoms with Crippen LogP contribution < -0.4 is 5.32 Å². The first kappa shape index (κ1) is 20.7. The predicted octanol–water partition coefficient (Wildman–Crippen LogP) is -0.455. The average molecular weight is 381 g/mol. The van der Waals surface area contributed by atoms with Gasteiger partial charge in [0.25, 0.3) is 5.91 Å². The number of nitrogens with zero attached hydrogens (tertiary/aromatic N) is 2. The van der Waals surface area contributed by atoms with Crippen LogP contribution >= 0.6 is 0 Å². The normalized spacial score (nSPS) is 21.4. The Hall–Kier alpha value is -2.56. The molecule has 0 spiro atoms. The molecule has 1 aromatic heterocycles. The number of aliphatic hydroxyl groups excluding tert-OH is 4. The molecule has 0 aromatic carbocycles. The number of ether oxygens (including phenoxy) is 1. The highest BCUT2D eigenvalue weighted by Crippen LogP contribution is 2.32. The zero-order valence-electron chi connectivity index (χ0n) is 15.0. The summed E-state index contributed by atoms with van der Waals surface area (Å²) in [4.78, 5) is 24.4. The van der Waals surface area contributed by atoms with Gasteiger partial charge in [-0.25, -0.2) is 4.79 Å². The maximum Gasteiger partial charge on any atom is 0.358 e. The van der Waals surface area contributed by atoms with Crippen LogP contribution in [0.4, 0.5) is 0 Å². The number of amides is 1. The van der Waals surface area contributed by atoms with Crippen LogP contribution in [0.1, 0.15) is 58.0 Å². The van der Waals surface area contributed by atoms with Crippen molar-refractivity contribution in [2.75, 3.05) is 7.11 Å². The lowest BCUT2D eigenvalue weighted by Crippen LogP contribution is -2.55. The Balaban J connectivity index is 2.56. The van der Waals surface area contributed by atoms with Crippen LogP contribution in [-0.4, -0.2) is 67.9 Å². The van der Waals surface area contributed by atoms with E-state index in [4.69, 9.17) is 9.84 Å². The minimum Gasteiger partial charge on any atom is -0.516 e. The molecule has 0 saturated carbocycles. The Morgan fingerprint density at radius 2 is 2.07 bits per heavy atom. The number of aromatic nitrogens is 2. The number of rotatable bonds is 7. The van der Waals surface area contributed by atoms with E-state index in [0.717, 1.165) is 12.5 Å².